The molecule has 1 aliphatic rings. The van der Waals surface area contributed by atoms with E-state index >= 15 is 0 Å². The summed E-state index contributed by atoms with van der Waals surface area (Å²) in [6, 6.07) is 11.7. The number of hydrogen-bond donors (Lipinski definition) is 1. The molecule has 3 rings (SSSR count). The summed E-state index contributed by atoms with van der Waals surface area (Å²) >= 11 is 9.92. The maximum Gasteiger partial charge on any atom is 0.162 e. The van der Waals surface area contributed by atoms with Crippen molar-refractivity contribution < 1.29 is 14.2 Å². The molecule has 2 aromatic rings. The molecule has 0 spiro atoms. The Bertz CT molecular complexity index is 800. The SMILES string of the molecule is CCOc1cc(CNCCCN2CCOCC2)c(Br)cc1OCc1ccccc1Cl. The zero-order valence-electron chi connectivity index (χ0n) is 17.5. The van der Waals surface area contributed by atoms with Gasteiger partial charge in [0.25, 0.3) is 0 Å². The number of hydrogen-bond acceptors (Lipinski definition) is 5. The minimum Gasteiger partial charge on any atom is -0.490 e. The summed E-state index contributed by atoms with van der Waals surface area (Å²) in [6.45, 7) is 9.59. The van der Waals surface area contributed by atoms with Crippen molar-refractivity contribution in [3.8, 4) is 11.5 Å². The molecule has 0 aromatic heterocycles. The van der Waals surface area contributed by atoms with Gasteiger partial charge in [-0.25, -0.2) is 0 Å². The van der Waals surface area contributed by atoms with Crippen LogP contribution in [0.25, 0.3) is 0 Å². The predicted molar refractivity (Wildman–Crippen MR) is 125 cm³/mol. The first-order valence-electron chi connectivity index (χ1n) is 10.5. The highest BCUT2D eigenvalue weighted by Crippen LogP contribution is 2.34. The first-order valence-corrected chi connectivity index (χ1v) is 11.7. The lowest BCUT2D eigenvalue weighted by Gasteiger charge is -2.26. The lowest BCUT2D eigenvalue weighted by molar-refractivity contribution is 0.0374. The molecule has 0 radical (unpaired) electrons. The van der Waals surface area contributed by atoms with Gasteiger partial charge in [-0.05, 0) is 50.2 Å². The minimum atomic E-state index is 0.394. The summed E-state index contributed by atoms with van der Waals surface area (Å²) in [6.07, 6.45) is 1.12. The van der Waals surface area contributed by atoms with Gasteiger partial charge in [0, 0.05) is 34.7 Å². The molecule has 0 bridgehead atoms. The van der Waals surface area contributed by atoms with Gasteiger partial charge in [-0.15, -0.1) is 0 Å². The van der Waals surface area contributed by atoms with E-state index in [1.165, 1.54) is 0 Å². The van der Waals surface area contributed by atoms with Crippen LogP contribution in [-0.2, 0) is 17.9 Å². The van der Waals surface area contributed by atoms with Gasteiger partial charge in [-0.2, -0.15) is 0 Å². The first kappa shape index (κ1) is 23.4. The molecule has 164 valence electrons. The molecule has 0 amide bonds. The van der Waals surface area contributed by atoms with Crippen molar-refractivity contribution in [3.63, 3.8) is 0 Å². The van der Waals surface area contributed by atoms with Crippen molar-refractivity contribution in [1.29, 1.82) is 0 Å². The third-order valence-corrected chi connectivity index (χ3v) is 6.11. The van der Waals surface area contributed by atoms with E-state index in [1.54, 1.807) is 0 Å². The molecular weight excluding hydrogens is 468 g/mol. The van der Waals surface area contributed by atoms with Crippen LogP contribution in [0.4, 0.5) is 0 Å². The van der Waals surface area contributed by atoms with Gasteiger partial charge in [0.1, 0.15) is 6.61 Å². The highest BCUT2D eigenvalue weighted by molar-refractivity contribution is 9.10. The fourth-order valence-electron chi connectivity index (χ4n) is 3.34. The molecule has 0 atom stereocenters. The van der Waals surface area contributed by atoms with Crippen LogP contribution in [0.1, 0.15) is 24.5 Å². The largest absolute Gasteiger partial charge is 0.490 e. The average molecular weight is 498 g/mol. The molecule has 1 N–H and O–H groups in total. The Morgan fingerprint density at radius 3 is 2.63 bits per heavy atom. The summed E-state index contributed by atoms with van der Waals surface area (Å²) in [5.74, 6) is 1.46. The van der Waals surface area contributed by atoms with Crippen LogP contribution in [0.3, 0.4) is 0 Å². The van der Waals surface area contributed by atoms with Gasteiger partial charge in [0.05, 0.1) is 19.8 Å². The van der Waals surface area contributed by atoms with E-state index < -0.39 is 0 Å². The van der Waals surface area contributed by atoms with Crippen LogP contribution in [0.2, 0.25) is 5.02 Å². The van der Waals surface area contributed by atoms with Gasteiger partial charge in [0.15, 0.2) is 11.5 Å². The van der Waals surface area contributed by atoms with Crippen LogP contribution in [0.5, 0.6) is 11.5 Å². The highest BCUT2D eigenvalue weighted by atomic mass is 79.9. The molecule has 30 heavy (non-hydrogen) atoms. The number of nitrogens with one attached hydrogen (secondary N) is 1. The monoisotopic (exact) mass is 496 g/mol. The molecule has 0 unspecified atom stereocenters. The van der Waals surface area contributed by atoms with Crippen molar-refractivity contribution in [3.05, 3.63) is 57.0 Å². The van der Waals surface area contributed by atoms with E-state index in [-0.39, 0.29) is 0 Å². The Labute approximate surface area is 192 Å². The summed E-state index contributed by atoms with van der Waals surface area (Å²) in [5.41, 5.74) is 2.10. The maximum absolute atomic E-state index is 6.24. The first-order chi connectivity index (χ1) is 14.7. The fourth-order valence-corrected chi connectivity index (χ4v) is 3.99. The molecule has 2 aromatic carbocycles. The molecule has 1 saturated heterocycles. The summed E-state index contributed by atoms with van der Waals surface area (Å²) in [7, 11) is 0. The second kappa shape index (κ2) is 12.5. The van der Waals surface area contributed by atoms with Gasteiger partial charge in [-0.1, -0.05) is 45.7 Å². The van der Waals surface area contributed by atoms with Crippen LogP contribution < -0.4 is 14.8 Å². The zero-order valence-corrected chi connectivity index (χ0v) is 19.8. The number of rotatable bonds is 11. The van der Waals surface area contributed by atoms with Crippen LogP contribution in [0.15, 0.2) is 40.9 Å². The smallest absolute Gasteiger partial charge is 0.162 e. The summed E-state index contributed by atoms with van der Waals surface area (Å²) in [4.78, 5) is 2.46. The van der Waals surface area contributed by atoms with Crippen molar-refractivity contribution in [2.75, 3.05) is 46.0 Å². The fraction of sp³-hybridized carbons (Fsp3) is 0.478. The molecule has 1 fully saturated rings. The third kappa shape index (κ3) is 7.13. The number of ether oxygens (including phenoxy) is 3. The van der Waals surface area contributed by atoms with E-state index in [2.05, 4.69) is 26.1 Å². The number of benzene rings is 2. The van der Waals surface area contributed by atoms with E-state index in [4.69, 9.17) is 25.8 Å². The van der Waals surface area contributed by atoms with Crippen molar-refractivity contribution in [2.24, 2.45) is 0 Å². The predicted octanol–water partition coefficient (Wildman–Crippen LogP) is 4.89. The molecule has 5 nitrogen and oxygen atoms in total. The molecule has 7 heteroatoms. The number of morpholine rings is 1. The Morgan fingerprint density at radius 2 is 1.87 bits per heavy atom. The second-order valence-electron chi connectivity index (χ2n) is 7.19. The normalized spacial score (nSPS) is 14.6. The van der Waals surface area contributed by atoms with E-state index in [0.29, 0.717) is 24.0 Å². The quantitative estimate of drug-likeness (QED) is 0.448. The maximum atomic E-state index is 6.24. The topological polar surface area (TPSA) is 43.0 Å². The molecule has 0 aliphatic carbocycles. The van der Waals surface area contributed by atoms with Gasteiger partial charge in [-0.3, -0.25) is 4.90 Å². The highest BCUT2D eigenvalue weighted by Gasteiger charge is 2.13. The molecular formula is C23H30BrClN2O3. The van der Waals surface area contributed by atoms with Gasteiger partial charge in [0.2, 0.25) is 0 Å². The Morgan fingerprint density at radius 1 is 1.10 bits per heavy atom. The Kier molecular flexibility index (Phi) is 9.75. The second-order valence-corrected chi connectivity index (χ2v) is 8.45. The van der Waals surface area contributed by atoms with Gasteiger partial charge < -0.3 is 19.5 Å². The van der Waals surface area contributed by atoms with Crippen LogP contribution >= 0.6 is 27.5 Å². The van der Waals surface area contributed by atoms with E-state index in [0.717, 1.165) is 73.7 Å². The summed E-state index contributed by atoms with van der Waals surface area (Å²) < 4.78 is 18.3. The molecule has 1 aliphatic heterocycles. The number of halogens is 2. The van der Waals surface area contributed by atoms with Crippen LogP contribution in [0, 0.1) is 0 Å². The number of nitrogens with zero attached hydrogens (tertiary/aromatic N) is 1. The lowest BCUT2D eigenvalue weighted by Crippen LogP contribution is -2.37. The average Bonchev–Trinajstić information content (AvgIpc) is 2.76. The Balaban J connectivity index is 1.53. The van der Waals surface area contributed by atoms with Crippen LogP contribution in [-0.4, -0.2) is 50.9 Å². The lowest BCUT2D eigenvalue weighted by atomic mass is 10.2. The zero-order chi connectivity index (χ0) is 21.2. The van der Waals surface area contributed by atoms with Crippen molar-refractivity contribution >= 4 is 27.5 Å². The summed E-state index contributed by atoms with van der Waals surface area (Å²) in [5, 5.41) is 4.24. The molecule has 0 saturated carbocycles. The third-order valence-electron chi connectivity index (χ3n) is 5.00. The Hall–Kier alpha value is -1.31. The van der Waals surface area contributed by atoms with Gasteiger partial charge >= 0.3 is 0 Å². The van der Waals surface area contributed by atoms with Crippen molar-refractivity contribution in [1.82, 2.24) is 10.2 Å². The molecule has 1 heterocycles. The van der Waals surface area contributed by atoms with Crippen molar-refractivity contribution in [2.45, 2.75) is 26.5 Å². The van der Waals surface area contributed by atoms with E-state index in [9.17, 15) is 0 Å². The minimum absolute atomic E-state index is 0.394. The standard InChI is InChI=1S/C23H30BrClN2O3/c1-2-29-22-14-19(16-26-8-5-9-27-10-12-28-13-11-27)20(24)15-23(22)30-17-18-6-3-4-7-21(18)25/h3-4,6-7,14-15,26H,2,5,8-13,16-17H2,1H3. The van der Waals surface area contributed by atoms with E-state index in [1.807, 2.05) is 43.3 Å².